The molecule has 7 heteroatoms. The van der Waals surface area contributed by atoms with E-state index >= 15 is 0 Å². The molecule has 2 aromatic carbocycles. The number of amides is 1. The molecule has 0 radical (unpaired) electrons. The van der Waals surface area contributed by atoms with Crippen LogP contribution in [-0.2, 0) is 4.79 Å². The Morgan fingerprint density at radius 3 is 2.60 bits per heavy atom. The number of aromatic nitrogens is 2. The zero-order chi connectivity index (χ0) is 17.5. The maximum absolute atomic E-state index is 12.0. The van der Waals surface area contributed by atoms with Crippen LogP contribution in [0.15, 0.2) is 63.9 Å². The SMILES string of the molecule is CCOc1ccc(-c2nnc(NC(=O)CSc3ccccc3)o2)cc1. The van der Waals surface area contributed by atoms with Crippen LogP contribution in [0.5, 0.6) is 5.75 Å². The lowest BCUT2D eigenvalue weighted by molar-refractivity contribution is -0.113. The first-order valence-electron chi connectivity index (χ1n) is 7.79. The second-order valence-corrected chi connectivity index (χ2v) is 6.07. The van der Waals surface area contributed by atoms with Crippen molar-refractivity contribution in [2.24, 2.45) is 0 Å². The third-order valence-electron chi connectivity index (χ3n) is 3.20. The zero-order valence-corrected chi connectivity index (χ0v) is 14.5. The highest BCUT2D eigenvalue weighted by Crippen LogP contribution is 2.23. The largest absolute Gasteiger partial charge is 0.494 e. The predicted octanol–water partition coefficient (Wildman–Crippen LogP) is 3.87. The molecule has 0 unspecified atom stereocenters. The van der Waals surface area contributed by atoms with E-state index in [-0.39, 0.29) is 17.7 Å². The zero-order valence-electron chi connectivity index (χ0n) is 13.6. The molecule has 0 fully saturated rings. The minimum atomic E-state index is -0.198. The van der Waals surface area contributed by atoms with Gasteiger partial charge < -0.3 is 9.15 Å². The molecule has 0 bridgehead atoms. The number of benzene rings is 2. The van der Waals surface area contributed by atoms with Crippen LogP contribution in [0.1, 0.15) is 6.92 Å². The van der Waals surface area contributed by atoms with E-state index in [2.05, 4.69) is 15.5 Å². The standard InChI is InChI=1S/C18H17N3O3S/c1-2-23-14-10-8-13(9-11-14)17-20-21-18(24-17)19-16(22)12-25-15-6-4-3-5-7-15/h3-11H,2,12H2,1H3,(H,19,21,22). The maximum Gasteiger partial charge on any atom is 0.322 e. The van der Waals surface area contributed by atoms with E-state index in [0.717, 1.165) is 16.2 Å². The van der Waals surface area contributed by atoms with E-state index < -0.39 is 0 Å². The summed E-state index contributed by atoms with van der Waals surface area (Å²) in [6.07, 6.45) is 0. The van der Waals surface area contributed by atoms with Gasteiger partial charge in [-0.3, -0.25) is 10.1 Å². The van der Waals surface area contributed by atoms with Gasteiger partial charge in [0.05, 0.1) is 12.4 Å². The Morgan fingerprint density at radius 2 is 1.88 bits per heavy atom. The number of nitrogens with one attached hydrogen (secondary N) is 1. The lowest BCUT2D eigenvalue weighted by Gasteiger charge is -2.02. The van der Waals surface area contributed by atoms with Crippen molar-refractivity contribution in [1.29, 1.82) is 0 Å². The topological polar surface area (TPSA) is 77.3 Å². The molecule has 128 valence electrons. The number of hydrogen-bond donors (Lipinski definition) is 1. The van der Waals surface area contributed by atoms with Gasteiger partial charge in [0.1, 0.15) is 5.75 Å². The van der Waals surface area contributed by atoms with Gasteiger partial charge in [0, 0.05) is 10.5 Å². The highest BCUT2D eigenvalue weighted by molar-refractivity contribution is 8.00. The van der Waals surface area contributed by atoms with E-state index in [4.69, 9.17) is 9.15 Å². The molecule has 0 aliphatic rings. The van der Waals surface area contributed by atoms with Gasteiger partial charge in [0.2, 0.25) is 11.8 Å². The van der Waals surface area contributed by atoms with Crippen LogP contribution in [0.4, 0.5) is 6.01 Å². The van der Waals surface area contributed by atoms with Crippen LogP contribution in [0.3, 0.4) is 0 Å². The van der Waals surface area contributed by atoms with Crippen molar-refractivity contribution in [2.45, 2.75) is 11.8 Å². The Morgan fingerprint density at radius 1 is 1.12 bits per heavy atom. The smallest absolute Gasteiger partial charge is 0.322 e. The van der Waals surface area contributed by atoms with Crippen molar-refractivity contribution in [3.05, 3.63) is 54.6 Å². The van der Waals surface area contributed by atoms with Crippen molar-refractivity contribution in [2.75, 3.05) is 17.7 Å². The van der Waals surface area contributed by atoms with Crippen LogP contribution in [-0.4, -0.2) is 28.5 Å². The molecular formula is C18H17N3O3S. The molecule has 0 spiro atoms. The molecule has 3 rings (SSSR count). The molecule has 1 heterocycles. The van der Waals surface area contributed by atoms with Gasteiger partial charge in [-0.1, -0.05) is 23.3 Å². The first kappa shape index (κ1) is 17.0. The molecule has 6 nitrogen and oxygen atoms in total. The fourth-order valence-corrected chi connectivity index (χ4v) is 2.79. The normalized spacial score (nSPS) is 10.4. The number of anilines is 1. The number of rotatable bonds is 7. The number of nitrogens with zero attached hydrogens (tertiary/aromatic N) is 2. The first-order chi connectivity index (χ1) is 12.2. The van der Waals surface area contributed by atoms with Crippen LogP contribution < -0.4 is 10.1 Å². The minimum absolute atomic E-state index is 0.0857. The molecule has 0 atom stereocenters. The fraction of sp³-hybridized carbons (Fsp3) is 0.167. The Hall–Kier alpha value is -2.80. The lowest BCUT2D eigenvalue weighted by Crippen LogP contribution is -2.14. The monoisotopic (exact) mass is 355 g/mol. The average molecular weight is 355 g/mol. The van der Waals surface area contributed by atoms with Gasteiger partial charge in [-0.25, -0.2) is 0 Å². The second-order valence-electron chi connectivity index (χ2n) is 5.02. The first-order valence-corrected chi connectivity index (χ1v) is 8.77. The molecule has 1 N–H and O–H groups in total. The predicted molar refractivity (Wildman–Crippen MR) is 96.7 cm³/mol. The second kappa shape index (κ2) is 8.34. The number of carbonyl (C=O) groups excluding carboxylic acids is 1. The summed E-state index contributed by atoms with van der Waals surface area (Å²) in [6.45, 7) is 2.54. The van der Waals surface area contributed by atoms with Crippen molar-refractivity contribution < 1.29 is 13.9 Å². The molecule has 0 saturated heterocycles. The summed E-state index contributed by atoms with van der Waals surface area (Å²) in [4.78, 5) is 13.0. The van der Waals surface area contributed by atoms with E-state index in [0.29, 0.717) is 12.5 Å². The molecule has 25 heavy (non-hydrogen) atoms. The van der Waals surface area contributed by atoms with Crippen molar-refractivity contribution >= 4 is 23.7 Å². The number of thioether (sulfide) groups is 1. The summed E-state index contributed by atoms with van der Waals surface area (Å²) in [7, 11) is 0. The molecule has 0 saturated carbocycles. The van der Waals surface area contributed by atoms with Crippen LogP contribution in [0, 0.1) is 0 Å². The Kier molecular flexibility index (Phi) is 5.69. The minimum Gasteiger partial charge on any atom is -0.494 e. The van der Waals surface area contributed by atoms with Gasteiger partial charge in [-0.2, -0.15) is 0 Å². The summed E-state index contributed by atoms with van der Waals surface area (Å²) >= 11 is 1.44. The number of hydrogen-bond acceptors (Lipinski definition) is 6. The Balaban J connectivity index is 1.56. The summed E-state index contributed by atoms with van der Waals surface area (Å²) in [5, 5.41) is 10.4. The van der Waals surface area contributed by atoms with Crippen molar-refractivity contribution in [3.63, 3.8) is 0 Å². The Bertz CT molecular complexity index is 819. The fourth-order valence-electron chi connectivity index (χ4n) is 2.07. The third kappa shape index (κ3) is 4.84. The summed E-state index contributed by atoms with van der Waals surface area (Å²) in [5.74, 6) is 1.19. The van der Waals surface area contributed by atoms with Crippen LogP contribution in [0.25, 0.3) is 11.5 Å². The quantitative estimate of drug-likeness (QED) is 0.648. The summed E-state index contributed by atoms with van der Waals surface area (Å²) < 4.78 is 10.9. The van der Waals surface area contributed by atoms with E-state index in [1.54, 1.807) is 0 Å². The molecule has 1 aromatic heterocycles. The summed E-state index contributed by atoms with van der Waals surface area (Å²) in [5.41, 5.74) is 0.759. The van der Waals surface area contributed by atoms with Gasteiger partial charge in [-0.05, 0) is 43.3 Å². The molecule has 0 aliphatic heterocycles. The summed E-state index contributed by atoms with van der Waals surface area (Å²) in [6, 6.07) is 17.1. The molecule has 1 amide bonds. The van der Waals surface area contributed by atoms with Crippen LogP contribution >= 0.6 is 11.8 Å². The van der Waals surface area contributed by atoms with Crippen molar-refractivity contribution in [1.82, 2.24) is 10.2 Å². The molecular weight excluding hydrogens is 338 g/mol. The third-order valence-corrected chi connectivity index (χ3v) is 4.21. The number of ether oxygens (including phenoxy) is 1. The van der Waals surface area contributed by atoms with Gasteiger partial charge in [0.25, 0.3) is 0 Å². The van der Waals surface area contributed by atoms with Gasteiger partial charge in [0.15, 0.2) is 0 Å². The van der Waals surface area contributed by atoms with E-state index in [1.807, 2.05) is 61.5 Å². The Labute approximate surface area is 149 Å². The van der Waals surface area contributed by atoms with Gasteiger partial charge >= 0.3 is 6.01 Å². The van der Waals surface area contributed by atoms with Gasteiger partial charge in [-0.15, -0.1) is 16.9 Å². The molecule has 0 aliphatic carbocycles. The van der Waals surface area contributed by atoms with Crippen LogP contribution in [0.2, 0.25) is 0 Å². The number of carbonyl (C=O) groups is 1. The highest BCUT2D eigenvalue weighted by Gasteiger charge is 2.11. The molecule has 3 aromatic rings. The van der Waals surface area contributed by atoms with E-state index in [1.165, 1.54) is 11.8 Å². The van der Waals surface area contributed by atoms with E-state index in [9.17, 15) is 4.79 Å². The maximum atomic E-state index is 12.0. The highest BCUT2D eigenvalue weighted by atomic mass is 32.2. The van der Waals surface area contributed by atoms with Crippen molar-refractivity contribution in [3.8, 4) is 17.2 Å². The lowest BCUT2D eigenvalue weighted by atomic mass is 10.2. The average Bonchev–Trinajstić information content (AvgIpc) is 3.10.